The summed E-state index contributed by atoms with van der Waals surface area (Å²) in [7, 11) is 2.07. The highest BCUT2D eigenvalue weighted by atomic mass is 16.5. The lowest BCUT2D eigenvalue weighted by molar-refractivity contribution is 0.113. The van der Waals surface area contributed by atoms with E-state index in [0.29, 0.717) is 6.04 Å². The zero-order valence-electron chi connectivity index (χ0n) is 10.3. The number of ether oxygens (including phenoxy) is 1. The van der Waals surface area contributed by atoms with E-state index in [-0.39, 0.29) is 0 Å². The van der Waals surface area contributed by atoms with Crippen molar-refractivity contribution in [2.45, 2.75) is 38.6 Å². The van der Waals surface area contributed by atoms with Gasteiger partial charge in [0.1, 0.15) is 0 Å². The number of nitrogens with zero attached hydrogens (tertiary/aromatic N) is 1. The SMILES string of the molecule is CCCOCCCN1CCCC(NC)C1. The molecule has 0 amide bonds. The van der Waals surface area contributed by atoms with E-state index < -0.39 is 0 Å². The number of hydrogen-bond donors (Lipinski definition) is 1. The van der Waals surface area contributed by atoms with Crippen LogP contribution in [0.1, 0.15) is 32.6 Å². The summed E-state index contributed by atoms with van der Waals surface area (Å²) >= 11 is 0. The Labute approximate surface area is 94.2 Å². The molecule has 0 aromatic carbocycles. The zero-order chi connectivity index (χ0) is 10.9. The van der Waals surface area contributed by atoms with Gasteiger partial charge in [-0.3, -0.25) is 0 Å². The van der Waals surface area contributed by atoms with Crippen LogP contribution in [0.2, 0.25) is 0 Å². The van der Waals surface area contributed by atoms with E-state index in [4.69, 9.17) is 4.74 Å². The molecule has 3 heteroatoms. The van der Waals surface area contributed by atoms with E-state index in [9.17, 15) is 0 Å². The zero-order valence-corrected chi connectivity index (χ0v) is 10.3. The van der Waals surface area contributed by atoms with E-state index in [2.05, 4.69) is 24.2 Å². The van der Waals surface area contributed by atoms with Crippen molar-refractivity contribution in [1.29, 1.82) is 0 Å². The number of rotatable bonds is 7. The molecule has 1 atom stereocenters. The summed E-state index contributed by atoms with van der Waals surface area (Å²) in [5.41, 5.74) is 0. The van der Waals surface area contributed by atoms with Crippen LogP contribution in [-0.2, 0) is 4.74 Å². The number of hydrogen-bond acceptors (Lipinski definition) is 3. The second kappa shape index (κ2) is 8.08. The van der Waals surface area contributed by atoms with Gasteiger partial charge >= 0.3 is 0 Å². The quantitative estimate of drug-likeness (QED) is 0.650. The van der Waals surface area contributed by atoms with E-state index >= 15 is 0 Å². The molecule has 0 radical (unpaired) electrons. The van der Waals surface area contributed by atoms with Gasteiger partial charge < -0.3 is 15.0 Å². The molecule has 0 spiro atoms. The Bertz CT molecular complexity index is 153. The van der Waals surface area contributed by atoms with E-state index in [0.717, 1.165) is 19.6 Å². The second-order valence-corrected chi connectivity index (χ2v) is 4.39. The Morgan fingerprint density at radius 3 is 3.00 bits per heavy atom. The lowest BCUT2D eigenvalue weighted by Gasteiger charge is -2.32. The first kappa shape index (κ1) is 12.9. The van der Waals surface area contributed by atoms with Crippen molar-refractivity contribution in [2.75, 3.05) is 39.9 Å². The summed E-state index contributed by atoms with van der Waals surface area (Å²) in [5, 5.41) is 3.37. The lowest BCUT2D eigenvalue weighted by atomic mass is 10.1. The molecule has 0 bridgehead atoms. The minimum absolute atomic E-state index is 0.704. The largest absolute Gasteiger partial charge is 0.381 e. The third-order valence-corrected chi connectivity index (χ3v) is 3.03. The summed E-state index contributed by atoms with van der Waals surface area (Å²) in [6.45, 7) is 7.67. The smallest absolute Gasteiger partial charge is 0.0478 e. The summed E-state index contributed by atoms with van der Waals surface area (Å²) < 4.78 is 5.48. The molecule has 1 heterocycles. The van der Waals surface area contributed by atoms with Crippen molar-refractivity contribution in [3.63, 3.8) is 0 Å². The molecular formula is C12H26N2O. The molecule has 0 aromatic rings. The van der Waals surface area contributed by atoms with Crippen molar-refractivity contribution in [3.8, 4) is 0 Å². The maximum absolute atomic E-state index is 5.48. The van der Waals surface area contributed by atoms with Crippen LogP contribution in [0.15, 0.2) is 0 Å². The van der Waals surface area contributed by atoms with Crippen LogP contribution in [0.25, 0.3) is 0 Å². The molecule has 1 fully saturated rings. The van der Waals surface area contributed by atoms with Crippen LogP contribution in [-0.4, -0.2) is 50.8 Å². The predicted molar refractivity (Wildman–Crippen MR) is 64.2 cm³/mol. The van der Waals surface area contributed by atoms with Gasteiger partial charge in [0.25, 0.3) is 0 Å². The molecule has 1 aliphatic heterocycles. The van der Waals surface area contributed by atoms with Gasteiger partial charge in [0.15, 0.2) is 0 Å². The first-order valence-electron chi connectivity index (χ1n) is 6.34. The maximum Gasteiger partial charge on any atom is 0.0478 e. The molecule has 1 aliphatic rings. The summed E-state index contributed by atoms with van der Waals surface area (Å²) in [5.74, 6) is 0. The van der Waals surface area contributed by atoms with Crippen molar-refractivity contribution in [2.24, 2.45) is 0 Å². The highest BCUT2D eigenvalue weighted by Gasteiger charge is 2.17. The molecule has 1 saturated heterocycles. The topological polar surface area (TPSA) is 24.5 Å². The molecule has 15 heavy (non-hydrogen) atoms. The second-order valence-electron chi connectivity index (χ2n) is 4.39. The monoisotopic (exact) mass is 214 g/mol. The number of likely N-dealkylation sites (N-methyl/N-ethyl adjacent to an activating group) is 1. The van der Waals surface area contributed by atoms with Gasteiger partial charge in [-0.2, -0.15) is 0 Å². The third kappa shape index (κ3) is 5.50. The number of piperidine rings is 1. The van der Waals surface area contributed by atoms with Gasteiger partial charge in [0, 0.05) is 32.3 Å². The van der Waals surface area contributed by atoms with Gasteiger partial charge in [-0.15, -0.1) is 0 Å². The van der Waals surface area contributed by atoms with Gasteiger partial charge in [-0.05, 0) is 39.3 Å². The molecule has 90 valence electrons. The molecular weight excluding hydrogens is 188 g/mol. The van der Waals surface area contributed by atoms with E-state index in [1.807, 2.05) is 0 Å². The minimum Gasteiger partial charge on any atom is -0.381 e. The summed E-state index contributed by atoms with van der Waals surface area (Å²) in [6, 6.07) is 0.704. The Hall–Kier alpha value is -0.120. The highest BCUT2D eigenvalue weighted by Crippen LogP contribution is 2.09. The van der Waals surface area contributed by atoms with Gasteiger partial charge in [-0.1, -0.05) is 6.92 Å². The summed E-state index contributed by atoms with van der Waals surface area (Å²) in [6.07, 6.45) is 4.97. The Morgan fingerprint density at radius 1 is 1.40 bits per heavy atom. The van der Waals surface area contributed by atoms with Crippen LogP contribution >= 0.6 is 0 Å². The molecule has 0 saturated carbocycles. The van der Waals surface area contributed by atoms with Crippen molar-refractivity contribution < 1.29 is 4.74 Å². The first-order valence-corrected chi connectivity index (χ1v) is 6.34. The van der Waals surface area contributed by atoms with Crippen LogP contribution in [0.4, 0.5) is 0 Å². The fraction of sp³-hybridized carbons (Fsp3) is 1.00. The number of nitrogens with one attached hydrogen (secondary N) is 1. The van der Waals surface area contributed by atoms with Crippen LogP contribution in [0.5, 0.6) is 0 Å². The fourth-order valence-corrected chi connectivity index (χ4v) is 2.13. The van der Waals surface area contributed by atoms with Crippen LogP contribution in [0.3, 0.4) is 0 Å². The third-order valence-electron chi connectivity index (χ3n) is 3.03. The lowest BCUT2D eigenvalue weighted by Crippen LogP contribution is -2.44. The van der Waals surface area contributed by atoms with Crippen molar-refractivity contribution in [1.82, 2.24) is 10.2 Å². The average Bonchev–Trinajstić information content (AvgIpc) is 2.29. The van der Waals surface area contributed by atoms with Crippen LogP contribution in [0, 0.1) is 0 Å². The van der Waals surface area contributed by atoms with Gasteiger partial charge in [-0.25, -0.2) is 0 Å². The Morgan fingerprint density at radius 2 is 2.27 bits per heavy atom. The first-order chi connectivity index (χ1) is 7.36. The molecule has 1 unspecified atom stereocenters. The van der Waals surface area contributed by atoms with Crippen molar-refractivity contribution >= 4 is 0 Å². The molecule has 3 nitrogen and oxygen atoms in total. The predicted octanol–water partition coefficient (Wildman–Crippen LogP) is 1.49. The number of likely N-dealkylation sites (tertiary alicyclic amines) is 1. The fourth-order valence-electron chi connectivity index (χ4n) is 2.13. The Kier molecular flexibility index (Phi) is 6.98. The normalized spacial score (nSPS) is 23.2. The van der Waals surface area contributed by atoms with Crippen LogP contribution < -0.4 is 5.32 Å². The van der Waals surface area contributed by atoms with E-state index in [1.165, 1.54) is 38.9 Å². The van der Waals surface area contributed by atoms with Crippen molar-refractivity contribution in [3.05, 3.63) is 0 Å². The average molecular weight is 214 g/mol. The maximum atomic E-state index is 5.48. The van der Waals surface area contributed by atoms with E-state index in [1.54, 1.807) is 0 Å². The molecule has 0 aliphatic carbocycles. The molecule has 1 rings (SSSR count). The summed E-state index contributed by atoms with van der Waals surface area (Å²) in [4.78, 5) is 2.56. The van der Waals surface area contributed by atoms with Gasteiger partial charge in [0.05, 0.1) is 0 Å². The minimum atomic E-state index is 0.704. The standard InChI is InChI=1S/C12H26N2O/c1-3-9-15-10-5-8-14-7-4-6-12(11-14)13-2/h12-13H,3-11H2,1-2H3. The molecule has 0 aromatic heterocycles. The molecule has 1 N–H and O–H groups in total. The highest BCUT2D eigenvalue weighted by molar-refractivity contribution is 4.76. The Balaban J connectivity index is 2.00. The van der Waals surface area contributed by atoms with Gasteiger partial charge in [0.2, 0.25) is 0 Å².